The predicted molar refractivity (Wildman–Crippen MR) is 105 cm³/mol. The zero-order chi connectivity index (χ0) is 18.2. The number of nitrogens with zero attached hydrogens (tertiary/aromatic N) is 3. The van der Waals surface area contributed by atoms with E-state index in [1.807, 2.05) is 4.57 Å². The van der Waals surface area contributed by atoms with Crippen LogP contribution in [0.2, 0.25) is 10.0 Å². The molecule has 0 bridgehead atoms. The van der Waals surface area contributed by atoms with Crippen LogP contribution in [0.3, 0.4) is 0 Å². The number of rotatable bonds is 9. The average molecular weight is 399 g/mol. The smallest absolute Gasteiger partial charge is 0.234 e. The van der Waals surface area contributed by atoms with Gasteiger partial charge in [-0.2, -0.15) is 0 Å². The van der Waals surface area contributed by atoms with Crippen LogP contribution >= 0.6 is 35.0 Å². The van der Waals surface area contributed by atoms with Gasteiger partial charge in [0.15, 0.2) is 5.16 Å². The molecule has 134 valence electrons. The Hall–Kier alpha value is -1.50. The van der Waals surface area contributed by atoms with E-state index < -0.39 is 0 Å². The lowest BCUT2D eigenvalue weighted by atomic mass is 10.2. The highest BCUT2D eigenvalue weighted by Crippen LogP contribution is 2.26. The van der Waals surface area contributed by atoms with Crippen LogP contribution in [0, 0.1) is 0 Å². The Morgan fingerprint density at radius 3 is 2.88 bits per heavy atom. The number of carbonyl (C=O) groups excluding carboxylic acids is 1. The van der Waals surface area contributed by atoms with E-state index in [0.29, 0.717) is 27.4 Å². The third-order valence-corrected chi connectivity index (χ3v) is 4.91. The molecule has 1 heterocycles. The first-order valence-electron chi connectivity index (χ1n) is 7.95. The summed E-state index contributed by atoms with van der Waals surface area (Å²) < 4.78 is 2.00. The maximum absolute atomic E-state index is 12.2. The molecule has 0 radical (unpaired) electrons. The quantitative estimate of drug-likeness (QED) is 0.484. The maximum atomic E-state index is 12.2. The van der Waals surface area contributed by atoms with Gasteiger partial charge in [-0.3, -0.25) is 4.79 Å². The topological polar surface area (TPSA) is 59.8 Å². The molecular weight excluding hydrogens is 379 g/mol. The van der Waals surface area contributed by atoms with E-state index in [0.717, 1.165) is 25.1 Å². The van der Waals surface area contributed by atoms with Gasteiger partial charge >= 0.3 is 0 Å². The number of hydrogen-bond acceptors (Lipinski definition) is 4. The summed E-state index contributed by atoms with van der Waals surface area (Å²) in [6, 6.07) is 4.94. The fourth-order valence-electron chi connectivity index (χ4n) is 2.17. The highest BCUT2D eigenvalue weighted by molar-refractivity contribution is 7.99. The summed E-state index contributed by atoms with van der Waals surface area (Å²) in [6.45, 7) is 6.53. The molecular formula is C17H20Cl2N4OS. The summed E-state index contributed by atoms with van der Waals surface area (Å²) >= 11 is 13.3. The van der Waals surface area contributed by atoms with Crippen molar-refractivity contribution in [2.75, 3.05) is 11.1 Å². The Morgan fingerprint density at radius 2 is 2.20 bits per heavy atom. The van der Waals surface area contributed by atoms with Crippen LogP contribution in [0.4, 0.5) is 5.69 Å². The standard InChI is InChI=1S/C17H20Cl2N4OS/c1-3-5-6-15-21-22-17(23(15)9-4-2)25-11-16(24)20-14-8-7-12(18)10-13(14)19/h4,7-8,10H,2-3,5-6,9,11H2,1H3,(H,20,24). The Kier molecular flexibility index (Phi) is 7.81. The lowest BCUT2D eigenvalue weighted by molar-refractivity contribution is -0.113. The van der Waals surface area contributed by atoms with Crippen LogP contribution in [0.1, 0.15) is 25.6 Å². The Morgan fingerprint density at radius 1 is 1.40 bits per heavy atom. The van der Waals surface area contributed by atoms with Gasteiger partial charge in [0.1, 0.15) is 5.82 Å². The van der Waals surface area contributed by atoms with Crippen LogP contribution < -0.4 is 5.32 Å². The molecule has 0 saturated heterocycles. The van der Waals surface area contributed by atoms with Gasteiger partial charge in [0, 0.05) is 18.0 Å². The Labute approximate surface area is 161 Å². The van der Waals surface area contributed by atoms with Crippen molar-refractivity contribution >= 4 is 46.6 Å². The van der Waals surface area contributed by atoms with E-state index >= 15 is 0 Å². The fourth-order valence-corrected chi connectivity index (χ4v) is 3.39. The van der Waals surface area contributed by atoms with Gasteiger partial charge in [-0.05, 0) is 24.6 Å². The van der Waals surface area contributed by atoms with Crippen molar-refractivity contribution in [3.8, 4) is 0 Å². The van der Waals surface area contributed by atoms with Crippen LogP contribution in [-0.4, -0.2) is 26.4 Å². The lowest BCUT2D eigenvalue weighted by Gasteiger charge is -2.09. The zero-order valence-corrected chi connectivity index (χ0v) is 16.3. The molecule has 25 heavy (non-hydrogen) atoms. The molecule has 1 aromatic heterocycles. The van der Waals surface area contributed by atoms with Crippen molar-refractivity contribution in [2.45, 2.75) is 37.9 Å². The number of aromatic nitrogens is 3. The number of aryl methyl sites for hydroxylation is 1. The van der Waals surface area contributed by atoms with Gasteiger partial charge < -0.3 is 9.88 Å². The molecule has 0 atom stereocenters. The number of carbonyl (C=O) groups is 1. The predicted octanol–water partition coefficient (Wildman–Crippen LogP) is 4.84. The third kappa shape index (κ3) is 5.76. The second kappa shape index (κ2) is 9.85. The number of hydrogen-bond donors (Lipinski definition) is 1. The number of allylic oxidation sites excluding steroid dienone is 1. The first kappa shape index (κ1) is 19.8. The molecule has 0 aliphatic rings. The number of benzene rings is 1. The maximum Gasteiger partial charge on any atom is 0.234 e. The molecule has 0 fully saturated rings. The summed E-state index contributed by atoms with van der Waals surface area (Å²) in [5.41, 5.74) is 0.535. The number of halogens is 2. The molecule has 2 rings (SSSR count). The Bertz CT molecular complexity index is 748. The third-order valence-electron chi connectivity index (χ3n) is 3.40. The van der Waals surface area contributed by atoms with Crippen molar-refractivity contribution in [1.82, 2.24) is 14.8 Å². The van der Waals surface area contributed by atoms with E-state index in [1.54, 1.807) is 24.3 Å². The first-order valence-corrected chi connectivity index (χ1v) is 9.70. The average Bonchev–Trinajstić information content (AvgIpc) is 2.96. The van der Waals surface area contributed by atoms with Crippen LogP contribution in [0.15, 0.2) is 36.0 Å². The molecule has 8 heteroatoms. The lowest BCUT2D eigenvalue weighted by Crippen LogP contribution is -2.15. The second-order valence-corrected chi connectivity index (χ2v) is 7.15. The van der Waals surface area contributed by atoms with Crippen LogP contribution in [0.25, 0.3) is 0 Å². The number of nitrogens with one attached hydrogen (secondary N) is 1. The number of amides is 1. The number of anilines is 1. The monoisotopic (exact) mass is 398 g/mol. The van der Waals surface area contributed by atoms with Crippen LogP contribution in [0.5, 0.6) is 0 Å². The molecule has 1 N–H and O–H groups in total. The molecule has 0 unspecified atom stereocenters. The van der Waals surface area contributed by atoms with Gasteiger partial charge in [-0.1, -0.05) is 54.4 Å². The van der Waals surface area contributed by atoms with E-state index in [-0.39, 0.29) is 11.7 Å². The minimum Gasteiger partial charge on any atom is -0.324 e. The summed E-state index contributed by atoms with van der Waals surface area (Å²) in [5.74, 6) is 0.963. The van der Waals surface area contributed by atoms with Crippen molar-refractivity contribution < 1.29 is 4.79 Å². The van der Waals surface area contributed by atoms with Crippen molar-refractivity contribution in [2.24, 2.45) is 0 Å². The van der Waals surface area contributed by atoms with E-state index in [2.05, 4.69) is 29.0 Å². The van der Waals surface area contributed by atoms with Gasteiger partial charge in [-0.25, -0.2) is 0 Å². The molecule has 1 amide bonds. The van der Waals surface area contributed by atoms with Crippen LogP contribution in [-0.2, 0) is 17.8 Å². The zero-order valence-electron chi connectivity index (χ0n) is 14.0. The molecule has 0 aliphatic heterocycles. The minimum absolute atomic E-state index is 0.169. The van der Waals surface area contributed by atoms with Gasteiger partial charge in [-0.15, -0.1) is 16.8 Å². The molecule has 0 spiro atoms. The van der Waals surface area contributed by atoms with Gasteiger partial charge in [0.25, 0.3) is 0 Å². The van der Waals surface area contributed by atoms with Crippen molar-refractivity contribution in [3.63, 3.8) is 0 Å². The second-order valence-electron chi connectivity index (χ2n) is 5.36. The summed E-state index contributed by atoms with van der Waals surface area (Å²) in [5, 5.41) is 12.8. The molecule has 0 saturated carbocycles. The highest BCUT2D eigenvalue weighted by Gasteiger charge is 2.14. The molecule has 1 aromatic carbocycles. The van der Waals surface area contributed by atoms with Crippen molar-refractivity contribution in [3.05, 3.63) is 46.7 Å². The number of thioether (sulfide) groups is 1. The van der Waals surface area contributed by atoms with Gasteiger partial charge in [0.2, 0.25) is 5.91 Å². The Balaban J connectivity index is 1.98. The van der Waals surface area contributed by atoms with Gasteiger partial charge in [0.05, 0.1) is 16.5 Å². The number of unbranched alkanes of at least 4 members (excludes halogenated alkanes) is 1. The van der Waals surface area contributed by atoms with E-state index in [4.69, 9.17) is 23.2 Å². The minimum atomic E-state index is -0.169. The largest absolute Gasteiger partial charge is 0.324 e. The first-order chi connectivity index (χ1) is 12.0. The highest BCUT2D eigenvalue weighted by atomic mass is 35.5. The summed E-state index contributed by atoms with van der Waals surface area (Å²) in [7, 11) is 0. The van der Waals surface area contributed by atoms with Crippen molar-refractivity contribution in [1.29, 1.82) is 0 Å². The SMILES string of the molecule is C=CCn1c(CCCC)nnc1SCC(=O)Nc1ccc(Cl)cc1Cl. The molecule has 5 nitrogen and oxygen atoms in total. The molecule has 0 aliphatic carbocycles. The van der Waals surface area contributed by atoms with E-state index in [9.17, 15) is 4.79 Å². The summed E-state index contributed by atoms with van der Waals surface area (Å²) in [4.78, 5) is 12.2. The normalized spacial score (nSPS) is 10.7. The fraction of sp³-hybridized carbons (Fsp3) is 0.353. The van der Waals surface area contributed by atoms with E-state index in [1.165, 1.54) is 11.8 Å². The molecule has 2 aromatic rings. The summed E-state index contributed by atoms with van der Waals surface area (Å²) in [6.07, 6.45) is 4.81.